The van der Waals surface area contributed by atoms with Gasteiger partial charge in [0.25, 0.3) is 0 Å². The third kappa shape index (κ3) is 2.42. The van der Waals surface area contributed by atoms with Crippen molar-refractivity contribution >= 4 is 22.4 Å². The summed E-state index contributed by atoms with van der Waals surface area (Å²) in [6.45, 7) is 2.59. The molecule has 0 aromatic heterocycles. The number of benzene rings is 3. The van der Waals surface area contributed by atoms with Gasteiger partial charge in [0.05, 0.1) is 6.61 Å². The molecule has 0 bridgehead atoms. The highest BCUT2D eigenvalue weighted by Crippen LogP contribution is 2.44. The first-order valence-electron chi connectivity index (χ1n) is 8.31. The van der Waals surface area contributed by atoms with Crippen LogP contribution in [0.3, 0.4) is 0 Å². The van der Waals surface area contributed by atoms with Crippen LogP contribution in [-0.2, 0) is 4.79 Å². The van der Waals surface area contributed by atoms with Crippen molar-refractivity contribution in [2.45, 2.75) is 19.3 Å². The minimum absolute atomic E-state index is 0.00241. The zero-order chi connectivity index (χ0) is 16.5. The Labute approximate surface area is 141 Å². The molecule has 0 aliphatic carbocycles. The highest BCUT2D eigenvalue weighted by atomic mass is 16.5. The van der Waals surface area contributed by atoms with E-state index in [1.807, 2.05) is 43.3 Å². The molecule has 1 amide bonds. The molecule has 1 aliphatic rings. The van der Waals surface area contributed by atoms with E-state index in [4.69, 9.17) is 4.74 Å². The van der Waals surface area contributed by atoms with Gasteiger partial charge in [0.15, 0.2) is 0 Å². The van der Waals surface area contributed by atoms with E-state index in [9.17, 15) is 4.79 Å². The van der Waals surface area contributed by atoms with Crippen molar-refractivity contribution in [3.05, 3.63) is 71.8 Å². The average molecular weight is 317 g/mol. The number of hydrogen-bond acceptors (Lipinski definition) is 2. The molecule has 4 rings (SSSR count). The summed E-state index contributed by atoms with van der Waals surface area (Å²) in [5.74, 6) is 0.912. The molecule has 0 saturated carbocycles. The van der Waals surface area contributed by atoms with Crippen molar-refractivity contribution in [3.8, 4) is 5.75 Å². The van der Waals surface area contributed by atoms with Crippen LogP contribution in [0.5, 0.6) is 5.75 Å². The summed E-state index contributed by atoms with van der Waals surface area (Å²) in [6.07, 6.45) is 0.436. The molecule has 1 N–H and O–H groups in total. The molecule has 0 radical (unpaired) electrons. The molecule has 0 spiro atoms. The SMILES string of the molecule is CCOc1ccccc1[C@@H]1CC(=O)Nc2ccc3ccccc3c21. The first-order valence-corrected chi connectivity index (χ1v) is 8.31. The number of nitrogens with one attached hydrogen (secondary N) is 1. The van der Waals surface area contributed by atoms with Crippen LogP contribution >= 0.6 is 0 Å². The third-order valence-corrected chi connectivity index (χ3v) is 4.58. The number of para-hydroxylation sites is 1. The van der Waals surface area contributed by atoms with E-state index in [2.05, 4.69) is 29.6 Å². The third-order valence-electron chi connectivity index (χ3n) is 4.58. The summed E-state index contributed by atoms with van der Waals surface area (Å²) in [5, 5.41) is 5.40. The van der Waals surface area contributed by atoms with Crippen LogP contribution in [0.25, 0.3) is 10.8 Å². The molecular weight excluding hydrogens is 298 g/mol. The van der Waals surface area contributed by atoms with Crippen LogP contribution in [0.15, 0.2) is 60.7 Å². The maximum atomic E-state index is 12.3. The summed E-state index contributed by atoms with van der Waals surface area (Å²) in [5.41, 5.74) is 3.16. The topological polar surface area (TPSA) is 38.3 Å². The smallest absolute Gasteiger partial charge is 0.225 e. The van der Waals surface area contributed by atoms with Crippen molar-refractivity contribution in [1.29, 1.82) is 0 Å². The fourth-order valence-electron chi connectivity index (χ4n) is 3.59. The van der Waals surface area contributed by atoms with Crippen molar-refractivity contribution in [1.82, 2.24) is 0 Å². The molecule has 1 atom stereocenters. The molecule has 3 nitrogen and oxygen atoms in total. The van der Waals surface area contributed by atoms with Gasteiger partial charge in [-0.2, -0.15) is 0 Å². The van der Waals surface area contributed by atoms with E-state index in [1.54, 1.807) is 0 Å². The maximum Gasteiger partial charge on any atom is 0.225 e. The van der Waals surface area contributed by atoms with Crippen LogP contribution < -0.4 is 10.1 Å². The second-order valence-corrected chi connectivity index (χ2v) is 6.02. The lowest BCUT2D eigenvalue weighted by atomic mass is 9.81. The first kappa shape index (κ1) is 14.8. The number of anilines is 1. The Morgan fingerprint density at radius 2 is 1.83 bits per heavy atom. The zero-order valence-electron chi connectivity index (χ0n) is 13.6. The Morgan fingerprint density at radius 3 is 2.71 bits per heavy atom. The zero-order valence-corrected chi connectivity index (χ0v) is 13.6. The summed E-state index contributed by atoms with van der Waals surface area (Å²) in [7, 11) is 0. The number of hydrogen-bond donors (Lipinski definition) is 1. The van der Waals surface area contributed by atoms with E-state index in [1.165, 1.54) is 16.3 Å². The van der Waals surface area contributed by atoms with Gasteiger partial charge in [0, 0.05) is 23.6 Å². The van der Waals surface area contributed by atoms with E-state index >= 15 is 0 Å². The van der Waals surface area contributed by atoms with E-state index in [0.29, 0.717) is 13.0 Å². The molecule has 3 aromatic carbocycles. The van der Waals surface area contributed by atoms with Gasteiger partial charge < -0.3 is 10.1 Å². The number of fused-ring (bicyclic) bond motifs is 3. The highest BCUT2D eigenvalue weighted by Gasteiger charge is 2.30. The highest BCUT2D eigenvalue weighted by molar-refractivity contribution is 6.01. The van der Waals surface area contributed by atoms with Crippen molar-refractivity contribution in [2.75, 3.05) is 11.9 Å². The van der Waals surface area contributed by atoms with Gasteiger partial charge in [0.1, 0.15) is 5.75 Å². The summed E-state index contributed by atoms with van der Waals surface area (Å²) < 4.78 is 5.82. The number of carbonyl (C=O) groups excluding carboxylic acids is 1. The molecule has 3 aromatic rings. The summed E-state index contributed by atoms with van der Waals surface area (Å²) in [4.78, 5) is 12.3. The average Bonchev–Trinajstić information content (AvgIpc) is 2.61. The second kappa shape index (κ2) is 6.00. The monoisotopic (exact) mass is 317 g/mol. The Balaban J connectivity index is 1.96. The van der Waals surface area contributed by atoms with E-state index in [-0.39, 0.29) is 11.8 Å². The fraction of sp³-hybridized carbons (Fsp3) is 0.190. The van der Waals surface area contributed by atoms with Gasteiger partial charge in [-0.1, -0.05) is 48.5 Å². The van der Waals surface area contributed by atoms with Crippen LogP contribution in [0, 0.1) is 0 Å². The van der Waals surface area contributed by atoms with E-state index in [0.717, 1.165) is 17.0 Å². The lowest BCUT2D eigenvalue weighted by Crippen LogP contribution is -2.24. The minimum atomic E-state index is 0.00241. The lowest BCUT2D eigenvalue weighted by molar-refractivity contribution is -0.116. The summed E-state index contributed by atoms with van der Waals surface area (Å²) >= 11 is 0. The molecule has 24 heavy (non-hydrogen) atoms. The van der Waals surface area contributed by atoms with Gasteiger partial charge >= 0.3 is 0 Å². The molecular formula is C21H19NO2. The van der Waals surface area contributed by atoms with Gasteiger partial charge in [-0.05, 0) is 35.4 Å². The Morgan fingerprint density at radius 1 is 1.04 bits per heavy atom. The predicted octanol–water partition coefficient (Wildman–Crippen LogP) is 4.71. The fourth-order valence-corrected chi connectivity index (χ4v) is 3.59. The Bertz CT molecular complexity index is 917. The standard InChI is InChI=1S/C21H19NO2/c1-2-24-19-10-6-5-9-16(19)17-13-20(23)22-18-12-11-14-7-3-4-8-15(14)21(17)18/h3-12,17H,2,13H2,1H3,(H,22,23)/t17-/m0/s1. The molecule has 0 saturated heterocycles. The van der Waals surface area contributed by atoms with Crippen LogP contribution in [0.1, 0.15) is 30.4 Å². The van der Waals surface area contributed by atoms with Crippen LogP contribution in [-0.4, -0.2) is 12.5 Å². The molecule has 3 heteroatoms. The van der Waals surface area contributed by atoms with E-state index < -0.39 is 0 Å². The summed E-state index contributed by atoms with van der Waals surface area (Å²) in [6, 6.07) is 20.4. The normalized spacial score (nSPS) is 16.5. The van der Waals surface area contributed by atoms with Gasteiger partial charge in [0.2, 0.25) is 5.91 Å². The van der Waals surface area contributed by atoms with Crippen LogP contribution in [0.2, 0.25) is 0 Å². The molecule has 1 aliphatic heterocycles. The number of carbonyl (C=O) groups is 1. The second-order valence-electron chi connectivity index (χ2n) is 6.02. The first-order chi connectivity index (χ1) is 11.8. The van der Waals surface area contributed by atoms with Crippen LogP contribution in [0.4, 0.5) is 5.69 Å². The minimum Gasteiger partial charge on any atom is -0.494 e. The maximum absolute atomic E-state index is 12.3. The number of amides is 1. The largest absolute Gasteiger partial charge is 0.494 e. The van der Waals surface area contributed by atoms with Crippen molar-refractivity contribution in [3.63, 3.8) is 0 Å². The number of ether oxygens (including phenoxy) is 1. The quantitative estimate of drug-likeness (QED) is 0.759. The molecule has 1 heterocycles. The van der Waals surface area contributed by atoms with Crippen molar-refractivity contribution in [2.24, 2.45) is 0 Å². The van der Waals surface area contributed by atoms with Gasteiger partial charge in [-0.3, -0.25) is 4.79 Å². The Kier molecular flexibility index (Phi) is 3.69. The van der Waals surface area contributed by atoms with Gasteiger partial charge in [-0.15, -0.1) is 0 Å². The molecule has 0 unspecified atom stereocenters. The number of rotatable bonds is 3. The van der Waals surface area contributed by atoms with Crippen molar-refractivity contribution < 1.29 is 9.53 Å². The lowest BCUT2D eigenvalue weighted by Gasteiger charge is -2.28. The Hall–Kier alpha value is -2.81. The van der Waals surface area contributed by atoms with Gasteiger partial charge in [-0.25, -0.2) is 0 Å². The molecule has 120 valence electrons. The molecule has 0 fully saturated rings. The predicted molar refractivity (Wildman–Crippen MR) is 96.6 cm³/mol.